The standard InChI is InChI=1S/C13H17FN2O3S/c1-9-7-10(14)4-5-12(9)16-13(17)15-11-3-2-6-20(18,19)8-11/h4-5,7,11H,2-3,6,8H2,1H3,(H2,15,16,17)/t11-/m0/s1. The van der Waals surface area contributed by atoms with Gasteiger partial charge in [0.1, 0.15) is 5.82 Å². The van der Waals surface area contributed by atoms with E-state index in [4.69, 9.17) is 0 Å². The largest absolute Gasteiger partial charge is 0.334 e. The number of carbonyl (C=O) groups excluding carboxylic acids is 1. The number of sulfone groups is 1. The third-order valence-corrected chi connectivity index (χ3v) is 5.06. The van der Waals surface area contributed by atoms with E-state index in [1.165, 1.54) is 18.2 Å². The number of urea groups is 1. The monoisotopic (exact) mass is 300 g/mol. The SMILES string of the molecule is Cc1cc(F)ccc1NC(=O)N[C@H]1CCCS(=O)(=O)C1. The van der Waals surface area contributed by atoms with Crippen LogP contribution in [0.3, 0.4) is 0 Å². The summed E-state index contributed by atoms with van der Waals surface area (Å²) in [5, 5.41) is 5.24. The van der Waals surface area contributed by atoms with E-state index >= 15 is 0 Å². The Balaban J connectivity index is 1.95. The van der Waals surface area contributed by atoms with Crippen LogP contribution in [0.15, 0.2) is 18.2 Å². The molecule has 1 saturated heterocycles. The molecule has 1 aliphatic heterocycles. The Morgan fingerprint density at radius 3 is 2.80 bits per heavy atom. The predicted molar refractivity (Wildman–Crippen MR) is 75.0 cm³/mol. The molecule has 0 spiro atoms. The van der Waals surface area contributed by atoms with Crippen LogP contribution in [0.25, 0.3) is 0 Å². The Bertz CT molecular complexity index is 616. The van der Waals surface area contributed by atoms with Gasteiger partial charge in [-0.3, -0.25) is 0 Å². The molecule has 0 radical (unpaired) electrons. The molecule has 1 aliphatic rings. The van der Waals surface area contributed by atoms with Gasteiger partial charge in [-0.15, -0.1) is 0 Å². The minimum absolute atomic E-state index is 0.0250. The van der Waals surface area contributed by atoms with Crippen molar-refractivity contribution < 1.29 is 17.6 Å². The van der Waals surface area contributed by atoms with Crippen LogP contribution in [0.2, 0.25) is 0 Å². The van der Waals surface area contributed by atoms with E-state index in [1.807, 2.05) is 0 Å². The van der Waals surface area contributed by atoms with Crippen molar-refractivity contribution in [2.75, 3.05) is 16.8 Å². The normalized spacial score (nSPS) is 21.2. The summed E-state index contributed by atoms with van der Waals surface area (Å²) in [6.07, 6.45) is 1.21. The second kappa shape index (κ2) is 5.78. The van der Waals surface area contributed by atoms with Crippen molar-refractivity contribution in [3.8, 4) is 0 Å². The first-order valence-corrected chi connectivity index (χ1v) is 8.22. The molecular formula is C13H17FN2O3S. The Morgan fingerprint density at radius 1 is 1.40 bits per heavy atom. The van der Waals surface area contributed by atoms with Gasteiger partial charge in [0.05, 0.1) is 11.5 Å². The average Bonchev–Trinajstić information content (AvgIpc) is 2.31. The lowest BCUT2D eigenvalue weighted by Gasteiger charge is -2.23. The highest BCUT2D eigenvalue weighted by molar-refractivity contribution is 7.91. The van der Waals surface area contributed by atoms with E-state index < -0.39 is 15.9 Å². The number of halogens is 1. The molecular weight excluding hydrogens is 283 g/mol. The molecule has 5 nitrogen and oxygen atoms in total. The van der Waals surface area contributed by atoms with E-state index in [0.29, 0.717) is 24.1 Å². The van der Waals surface area contributed by atoms with Crippen LogP contribution in [0.5, 0.6) is 0 Å². The molecule has 1 aromatic rings. The van der Waals surface area contributed by atoms with Gasteiger partial charge in [-0.1, -0.05) is 0 Å². The van der Waals surface area contributed by atoms with Gasteiger partial charge in [-0.05, 0) is 43.5 Å². The summed E-state index contributed by atoms with van der Waals surface area (Å²) >= 11 is 0. The van der Waals surface area contributed by atoms with Gasteiger partial charge in [-0.2, -0.15) is 0 Å². The molecule has 0 saturated carbocycles. The van der Waals surface area contributed by atoms with Crippen molar-refractivity contribution in [2.45, 2.75) is 25.8 Å². The van der Waals surface area contributed by atoms with E-state index in [-0.39, 0.29) is 23.4 Å². The fourth-order valence-corrected chi connectivity index (χ4v) is 3.88. The molecule has 1 fully saturated rings. The number of anilines is 1. The van der Waals surface area contributed by atoms with E-state index in [2.05, 4.69) is 10.6 Å². The minimum atomic E-state index is -3.06. The quantitative estimate of drug-likeness (QED) is 0.875. The molecule has 2 rings (SSSR count). The van der Waals surface area contributed by atoms with Gasteiger partial charge in [0, 0.05) is 11.7 Å². The Hall–Kier alpha value is -1.63. The zero-order valence-electron chi connectivity index (χ0n) is 11.1. The Morgan fingerprint density at radius 2 is 2.15 bits per heavy atom. The highest BCUT2D eigenvalue weighted by Gasteiger charge is 2.25. The summed E-state index contributed by atoms with van der Waals surface area (Å²) in [4.78, 5) is 11.8. The molecule has 20 heavy (non-hydrogen) atoms. The number of carbonyl (C=O) groups is 1. The highest BCUT2D eigenvalue weighted by Crippen LogP contribution is 2.16. The summed E-state index contributed by atoms with van der Waals surface area (Å²) in [5.41, 5.74) is 1.11. The van der Waals surface area contributed by atoms with E-state index in [0.717, 1.165) is 0 Å². The Labute approximate surface area is 117 Å². The third kappa shape index (κ3) is 3.93. The number of aryl methyl sites for hydroxylation is 1. The van der Waals surface area contributed by atoms with Gasteiger partial charge in [-0.25, -0.2) is 17.6 Å². The summed E-state index contributed by atoms with van der Waals surface area (Å²) in [6, 6.07) is 3.22. The van der Waals surface area contributed by atoms with Gasteiger partial charge in [0.25, 0.3) is 0 Å². The maximum atomic E-state index is 12.9. The first-order valence-electron chi connectivity index (χ1n) is 6.40. The summed E-state index contributed by atoms with van der Waals surface area (Å²) in [6.45, 7) is 1.68. The van der Waals surface area contributed by atoms with Crippen LogP contribution >= 0.6 is 0 Å². The van der Waals surface area contributed by atoms with Crippen molar-refractivity contribution in [3.05, 3.63) is 29.6 Å². The van der Waals surface area contributed by atoms with Crippen LogP contribution in [-0.2, 0) is 9.84 Å². The minimum Gasteiger partial charge on any atom is -0.334 e. The predicted octanol–water partition coefficient (Wildman–Crippen LogP) is 1.83. The van der Waals surface area contributed by atoms with Gasteiger partial charge >= 0.3 is 6.03 Å². The molecule has 1 heterocycles. The lowest BCUT2D eigenvalue weighted by molar-refractivity contribution is 0.248. The smallest absolute Gasteiger partial charge is 0.319 e. The van der Waals surface area contributed by atoms with Crippen molar-refractivity contribution in [1.82, 2.24) is 5.32 Å². The summed E-state index contributed by atoms with van der Waals surface area (Å²) < 4.78 is 35.9. The first-order chi connectivity index (χ1) is 9.35. The second-order valence-electron chi connectivity index (χ2n) is 5.01. The van der Waals surface area contributed by atoms with Crippen molar-refractivity contribution in [3.63, 3.8) is 0 Å². The molecule has 0 bridgehead atoms. The van der Waals surface area contributed by atoms with Gasteiger partial charge in [0.15, 0.2) is 9.84 Å². The highest BCUT2D eigenvalue weighted by atomic mass is 32.2. The van der Waals surface area contributed by atoms with Crippen LogP contribution < -0.4 is 10.6 Å². The van der Waals surface area contributed by atoms with Crippen LogP contribution in [0.1, 0.15) is 18.4 Å². The molecule has 1 atom stereocenters. The number of nitrogens with one attached hydrogen (secondary N) is 2. The third-order valence-electron chi connectivity index (χ3n) is 3.23. The molecule has 1 aromatic carbocycles. The van der Waals surface area contributed by atoms with Gasteiger partial charge < -0.3 is 10.6 Å². The fraction of sp³-hybridized carbons (Fsp3) is 0.462. The molecule has 0 aromatic heterocycles. The molecule has 0 unspecified atom stereocenters. The first kappa shape index (κ1) is 14.8. The second-order valence-corrected chi connectivity index (χ2v) is 7.24. The van der Waals surface area contributed by atoms with E-state index in [1.54, 1.807) is 6.92 Å². The molecule has 2 N–H and O–H groups in total. The fourth-order valence-electron chi connectivity index (χ4n) is 2.25. The van der Waals surface area contributed by atoms with Crippen LogP contribution in [-0.4, -0.2) is 32.0 Å². The summed E-state index contributed by atoms with van der Waals surface area (Å²) in [5.74, 6) is -0.209. The lowest BCUT2D eigenvalue weighted by Crippen LogP contribution is -2.45. The van der Waals surface area contributed by atoms with E-state index in [9.17, 15) is 17.6 Å². The molecule has 110 valence electrons. The maximum absolute atomic E-state index is 12.9. The van der Waals surface area contributed by atoms with Crippen molar-refractivity contribution >= 4 is 21.6 Å². The zero-order valence-corrected chi connectivity index (χ0v) is 12.0. The Kier molecular flexibility index (Phi) is 4.27. The molecule has 2 amide bonds. The number of hydrogen-bond donors (Lipinski definition) is 2. The lowest BCUT2D eigenvalue weighted by atomic mass is 10.2. The maximum Gasteiger partial charge on any atom is 0.319 e. The van der Waals surface area contributed by atoms with Crippen LogP contribution in [0.4, 0.5) is 14.9 Å². The number of amides is 2. The zero-order chi connectivity index (χ0) is 14.8. The van der Waals surface area contributed by atoms with Crippen molar-refractivity contribution in [1.29, 1.82) is 0 Å². The number of benzene rings is 1. The topological polar surface area (TPSA) is 75.3 Å². The molecule has 7 heteroatoms. The molecule has 0 aliphatic carbocycles. The number of hydrogen-bond acceptors (Lipinski definition) is 3. The van der Waals surface area contributed by atoms with Gasteiger partial charge in [0.2, 0.25) is 0 Å². The summed E-state index contributed by atoms with van der Waals surface area (Å²) in [7, 11) is -3.06. The number of rotatable bonds is 2. The van der Waals surface area contributed by atoms with Crippen molar-refractivity contribution in [2.24, 2.45) is 0 Å². The van der Waals surface area contributed by atoms with Crippen LogP contribution in [0, 0.1) is 12.7 Å². The average molecular weight is 300 g/mol.